The molecule has 1 saturated heterocycles. The zero-order chi connectivity index (χ0) is 9.14. The third-order valence-corrected chi connectivity index (χ3v) is 2.06. The maximum Gasteiger partial charge on any atom is 0.410 e. The Morgan fingerprint density at radius 3 is 2.67 bits per heavy atom. The van der Waals surface area contributed by atoms with E-state index in [1.54, 1.807) is 14.1 Å². The van der Waals surface area contributed by atoms with E-state index in [0.29, 0.717) is 0 Å². The van der Waals surface area contributed by atoms with E-state index in [9.17, 15) is 4.79 Å². The highest BCUT2D eigenvalue weighted by Crippen LogP contribution is 2.16. The molecule has 70 valence electrons. The van der Waals surface area contributed by atoms with Gasteiger partial charge in [-0.1, -0.05) is 0 Å². The molecule has 1 aliphatic heterocycles. The zero-order valence-corrected chi connectivity index (χ0v) is 7.91. The van der Waals surface area contributed by atoms with Crippen LogP contribution in [0.4, 0.5) is 4.79 Å². The number of nitrogens with zero attached hydrogens (tertiary/aromatic N) is 2. The molecule has 0 aromatic heterocycles. The number of likely N-dealkylation sites (tertiary alicyclic amines) is 1. The molecule has 0 aromatic rings. The van der Waals surface area contributed by atoms with Gasteiger partial charge >= 0.3 is 6.09 Å². The Bertz CT molecular complexity index is 170. The highest BCUT2D eigenvalue weighted by Gasteiger charge is 2.24. The van der Waals surface area contributed by atoms with Gasteiger partial charge in [-0.2, -0.15) is 0 Å². The highest BCUT2D eigenvalue weighted by molar-refractivity contribution is 5.66. The van der Waals surface area contributed by atoms with Crippen LogP contribution in [0.1, 0.15) is 12.8 Å². The predicted molar refractivity (Wildman–Crippen MR) is 45.8 cm³/mol. The van der Waals surface area contributed by atoms with Gasteiger partial charge in [-0.25, -0.2) is 4.79 Å². The Balaban J connectivity index is 2.35. The van der Waals surface area contributed by atoms with Crippen LogP contribution in [0.15, 0.2) is 0 Å². The summed E-state index contributed by atoms with van der Waals surface area (Å²) < 4.78 is 5.20. The molecule has 1 heterocycles. The van der Waals surface area contributed by atoms with Gasteiger partial charge in [0.25, 0.3) is 0 Å². The maximum atomic E-state index is 11.1. The summed E-state index contributed by atoms with van der Waals surface area (Å²) in [7, 11) is 5.36. The highest BCUT2D eigenvalue weighted by atomic mass is 16.6. The lowest BCUT2D eigenvalue weighted by Crippen LogP contribution is -2.34. The minimum absolute atomic E-state index is 0.0140. The predicted octanol–water partition coefficient (Wildman–Crippen LogP) is 0.736. The third-order valence-electron chi connectivity index (χ3n) is 2.06. The third kappa shape index (κ3) is 2.11. The van der Waals surface area contributed by atoms with Crippen molar-refractivity contribution < 1.29 is 9.53 Å². The minimum Gasteiger partial charge on any atom is -0.430 e. The lowest BCUT2D eigenvalue weighted by molar-refractivity contribution is 0.0124. The van der Waals surface area contributed by atoms with Crippen molar-refractivity contribution in [3.8, 4) is 0 Å². The van der Waals surface area contributed by atoms with E-state index in [4.69, 9.17) is 4.74 Å². The van der Waals surface area contributed by atoms with E-state index in [1.807, 2.05) is 7.05 Å². The van der Waals surface area contributed by atoms with Crippen molar-refractivity contribution in [2.24, 2.45) is 0 Å². The number of carbonyl (C=O) groups is 1. The van der Waals surface area contributed by atoms with Crippen LogP contribution in [-0.4, -0.2) is 49.8 Å². The van der Waals surface area contributed by atoms with Crippen LogP contribution in [-0.2, 0) is 4.74 Å². The molecule has 0 radical (unpaired) electrons. The van der Waals surface area contributed by atoms with Gasteiger partial charge in [0.2, 0.25) is 0 Å². The monoisotopic (exact) mass is 172 g/mol. The van der Waals surface area contributed by atoms with E-state index in [-0.39, 0.29) is 12.3 Å². The van der Waals surface area contributed by atoms with Crippen LogP contribution in [0, 0.1) is 0 Å². The van der Waals surface area contributed by atoms with Crippen molar-refractivity contribution in [2.75, 3.05) is 27.7 Å². The van der Waals surface area contributed by atoms with E-state index in [0.717, 1.165) is 19.4 Å². The molecular formula is C8H16N2O2. The molecule has 0 aliphatic carbocycles. The van der Waals surface area contributed by atoms with Crippen molar-refractivity contribution in [3.63, 3.8) is 0 Å². The second-order valence-electron chi connectivity index (χ2n) is 3.36. The Labute approximate surface area is 73.1 Å². The summed E-state index contributed by atoms with van der Waals surface area (Å²) in [5.41, 5.74) is 0. The zero-order valence-electron chi connectivity index (χ0n) is 7.91. The van der Waals surface area contributed by atoms with Crippen LogP contribution >= 0.6 is 0 Å². The topological polar surface area (TPSA) is 32.8 Å². The van der Waals surface area contributed by atoms with Gasteiger partial charge in [-0.05, 0) is 19.9 Å². The molecule has 0 aromatic carbocycles. The average molecular weight is 172 g/mol. The first-order chi connectivity index (χ1) is 5.61. The van der Waals surface area contributed by atoms with E-state index >= 15 is 0 Å². The van der Waals surface area contributed by atoms with E-state index in [1.165, 1.54) is 4.90 Å². The van der Waals surface area contributed by atoms with Gasteiger partial charge in [-0.3, -0.25) is 4.90 Å². The lowest BCUT2D eigenvalue weighted by atomic mass is 10.4. The average Bonchev–Trinajstić information content (AvgIpc) is 2.36. The van der Waals surface area contributed by atoms with Crippen molar-refractivity contribution in [1.82, 2.24) is 9.80 Å². The van der Waals surface area contributed by atoms with Crippen LogP contribution in [0.2, 0.25) is 0 Å². The largest absolute Gasteiger partial charge is 0.430 e. The van der Waals surface area contributed by atoms with Gasteiger partial charge < -0.3 is 9.64 Å². The number of ether oxygens (including phenoxy) is 1. The number of hydrogen-bond donors (Lipinski definition) is 0. The lowest BCUT2D eigenvalue weighted by Gasteiger charge is -2.21. The van der Waals surface area contributed by atoms with Crippen molar-refractivity contribution in [3.05, 3.63) is 0 Å². The SMILES string of the molecule is CN(C)C(=O)OC1CCCN1C. The Morgan fingerprint density at radius 1 is 1.58 bits per heavy atom. The molecule has 1 unspecified atom stereocenters. The fourth-order valence-electron chi connectivity index (χ4n) is 1.25. The maximum absolute atomic E-state index is 11.1. The molecule has 1 rings (SSSR count). The van der Waals surface area contributed by atoms with Crippen LogP contribution < -0.4 is 0 Å². The summed E-state index contributed by atoms with van der Waals surface area (Å²) in [6.45, 7) is 1.02. The molecular weight excluding hydrogens is 156 g/mol. The molecule has 0 spiro atoms. The summed E-state index contributed by atoms with van der Waals surface area (Å²) in [5, 5.41) is 0. The number of amides is 1. The van der Waals surface area contributed by atoms with Crippen molar-refractivity contribution >= 4 is 6.09 Å². The Kier molecular flexibility index (Phi) is 2.92. The van der Waals surface area contributed by atoms with E-state index in [2.05, 4.69) is 4.90 Å². The summed E-state index contributed by atoms with van der Waals surface area (Å²) in [6.07, 6.45) is 1.80. The number of hydrogen-bond acceptors (Lipinski definition) is 3. The van der Waals surface area contributed by atoms with Gasteiger partial charge in [0.05, 0.1) is 0 Å². The van der Waals surface area contributed by atoms with Gasteiger partial charge in [0.15, 0.2) is 6.23 Å². The fraction of sp³-hybridized carbons (Fsp3) is 0.875. The molecule has 0 saturated carbocycles. The molecule has 4 nitrogen and oxygen atoms in total. The van der Waals surface area contributed by atoms with Crippen LogP contribution in [0.5, 0.6) is 0 Å². The molecule has 12 heavy (non-hydrogen) atoms. The van der Waals surface area contributed by atoms with Crippen molar-refractivity contribution in [2.45, 2.75) is 19.1 Å². The van der Waals surface area contributed by atoms with Gasteiger partial charge in [-0.15, -0.1) is 0 Å². The van der Waals surface area contributed by atoms with Crippen molar-refractivity contribution in [1.29, 1.82) is 0 Å². The second kappa shape index (κ2) is 3.76. The molecule has 1 aliphatic rings. The van der Waals surface area contributed by atoms with Gasteiger partial charge in [0.1, 0.15) is 0 Å². The first-order valence-electron chi connectivity index (χ1n) is 4.19. The standard InChI is InChI=1S/C8H16N2O2/c1-9(2)8(11)12-7-5-4-6-10(7)3/h7H,4-6H2,1-3H3. The fourth-order valence-corrected chi connectivity index (χ4v) is 1.25. The summed E-state index contributed by atoms with van der Waals surface area (Å²) in [5.74, 6) is 0. The first kappa shape index (κ1) is 9.32. The molecule has 1 atom stereocenters. The van der Waals surface area contributed by atoms with Gasteiger partial charge in [0, 0.05) is 20.6 Å². The smallest absolute Gasteiger partial charge is 0.410 e. The quantitative estimate of drug-likeness (QED) is 0.584. The molecule has 1 fully saturated rings. The molecule has 1 amide bonds. The Hall–Kier alpha value is -0.770. The molecule has 4 heteroatoms. The normalized spacial score (nSPS) is 24.1. The summed E-state index contributed by atoms with van der Waals surface area (Å²) in [6, 6.07) is 0. The van der Waals surface area contributed by atoms with E-state index < -0.39 is 0 Å². The summed E-state index contributed by atoms with van der Waals surface area (Å²) in [4.78, 5) is 14.6. The number of carbonyl (C=O) groups excluding carboxylic acids is 1. The molecule has 0 N–H and O–H groups in total. The van der Waals surface area contributed by atoms with Crippen LogP contribution in [0.25, 0.3) is 0 Å². The Morgan fingerprint density at radius 2 is 2.25 bits per heavy atom. The minimum atomic E-state index is -0.256. The molecule has 0 bridgehead atoms. The van der Waals surface area contributed by atoms with Crippen LogP contribution in [0.3, 0.4) is 0 Å². The summed E-state index contributed by atoms with van der Waals surface area (Å²) >= 11 is 0. The first-order valence-corrected chi connectivity index (χ1v) is 4.19. The second-order valence-corrected chi connectivity index (χ2v) is 3.36. The number of rotatable bonds is 1.